The number of nitrogens with two attached hydrogens (primary N) is 1. The van der Waals surface area contributed by atoms with Crippen LogP contribution < -0.4 is 21.3 Å². The molecule has 42 heavy (non-hydrogen) atoms. The Labute approximate surface area is 245 Å². The van der Waals surface area contributed by atoms with Crippen molar-refractivity contribution in [3.8, 4) is 11.1 Å². The first kappa shape index (κ1) is 28.8. The lowest BCUT2D eigenvalue weighted by atomic mass is 9.98. The molecule has 0 spiro atoms. The molecule has 0 saturated carbocycles. The van der Waals surface area contributed by atoms with Crippen molar-refractivity contribution in [1.29, 1.82) is 0 Å². The summed E-state index contributed by atoms with van der Waals surface area (Å²) in [7, 11) is 0. The number of carbonyl (C=O) groups excluding carboxylic acids is 3. The van der Waals surface area contributed by atoms with Gasteiger partial charge in [0.1, 0.15) is 11.8 Å². The number of nitrogens with one attached hydrogen (secondary N) is 2. The molecule has 3 aromatic carbocycles. The number of aryl methyl sites for hydroxylation is 1. The fraction of sp³-hybridized carbons (Fsp3) is 0.265. The number of amides is 3. The van der Waals surface area contributed by atoms with Gasteiger partial charge in [-0.1, -0.05) is 60.7 Å². The van der Waals surface area contributed by atoms with E-state index in [-0.39, 0.29) is 18.2 Å². The van der Waals surface area contributed by atoms with Gasteiger partial charge in [-0.15, -0.1) is 0 Å². The van der Waals surface area contributed by atoms with Crippen LogP contribution in [0.2, 0.25) is 0 Å². The molecule has 0 radical (unpaired) electrons. The number of fused-ring (bicyclic) bond motifs is 1. The molecule has 0 saturated heterocycles. The van der Waals surface area contributed by atoms with E-state index in [4.69, 9.17) is 10.2 Å². The van der Waals surface area contributed by atoms with Gasteiger partial charge < -0.3 is 25.7 Å². The van der Waals surface area contributed by atoms with Crippen LogP contribution >= 0.6 is 0 Å². The molecule has 1 unspecified atom stereocenters. The summed E-state index contributed by atoms with van der Waals surface area (Å²) in [4.78, 5) is 40.8. The minimum Gasteiger partial charge on any atom is -0.468 e. The molecule has 3 amide bonds. The molecule has 0 bridgehead atoms. The third-order valence-corrected chi connectivity index (χ3v) is 7.61. The van der Waals surface area contributed by atoms with Gasteiger partial charge >= 0.3 is 0 Å². The van der Waals surface area contributed by atoms with Crippen LogP contribution in [0.15, 0.2) is 95.6 Å². The van der Waals surface area contributed by atoms with E-state index in [1.54, 1.807) is 23.3 Å². The van der Waals surface area contributed by atoms with Gasteiger partial charge in [-0.3, -0.25) is 14.4 Å². The molecule has 1 aliphatic heterocycles. The predicted octanol–water partition coefficient (Wildman–Crippen LogP) is 4.97. The van der Waals surface area contributed by atoms with Crippen LogP contribution in [0.3, 0.4) is 0 Å². The SMILES string of the molecule is CC(C)(CC(=O)NC1CCc2ccccc2N(Cc2ccc(-c3ccccc3C(N)=O)cc2)C1=O)NCc1ccco1. The van der Waals surface area contributed by atoms with Gasteiger partial charge in [0.05, 0.1) is 19.4 Å². The van der Waals surface area contributed by atoms with E-state index in [0.29, 0.717) is 31.5 Å². The Morgan fingerprint density at radius 3 is 2.45 bits per heavy atom. The maximum Gasteiger partial charge on any atom is 0.249 e. The second-order valence-corrected chi connectivity index (χ2v) is 11.3. The first-order chi connectivity index (χ1) is 20.2. The van der Waals surface area contributed by atoms with E-state index in [1.807, 2.05) is 86.6 Å². The lowest BCUT2D eigenvalue weighted by Gasteiger charge is -2.29. The van der Waals surface area contributed by atoms with Crippen molar-refractivity contribution in [3.63, 3.8) is 0 Å². The Bertz CT molecular complexity index is 1560. The Kier molecular flexibility index (Phi) is 8.54. The Morgan fingerprint density at radius 1 is 0.976 bits per heavy atom. The van der Waals surface area contributed by atoms with Crippen molar-refractivity contribution in [2.75, 3.05) is 4.90 Å². The quantitative estimate of drug-likeness (QED) is 0.251. The second kappa shape index (κ2) is 12.4. The highest BCUT2D eigenvalue weighted by Crippen LogP contribution is 2.30. The number of para-hydroxylation sites is 1. The summed E-state index contributed by atoms with van der Waals surface area (Å²) < 4.78 is 5.39. The van der Waals surface area contributed by atoms with Gasteiger partial charge in [0, 0.05) is 23.2 Å². The molecule has 0 fully saturated rings. The van der Waals surface area contributed by atoms with E-state index in [2.05, 4.69) is 10.6 Å². The van der Waals surface area contributed by atoms with E-state index in [9.17, 15) is 14.4 Å². The lowest BCUT2D eigenvalue weighted by Crippen LogP contribution is -2.50. The van der Waals surface area contributed by atoms with E-state index in [1.165, 1.54) is 0 Å². The molecule has 216 valence electrons. The van der Waals surface area contributed by atoms with Crippen molar-refractivity contribution >= 4 is 23.4 Å². The third-order valence-electron chi connectivity index (χ3n) is 7.61. The molecule has 8 heteroatoms. The van der Waals surface area contributed by atoms with E-state index >= 15 is 0 Å². The zero-order valence-electron chi connectivity index (χ0n) is 23.9. The number of anilines is 1. The highest BCUT2D eigenvalue weighted by molar-refractivity contribution is 6.01. The minimum absolute atomic E-state index is 0.141. The number of rotatable bonds is 10. The standard InChI is InChI=1S/C34H36N4O4/c1-34(2,36-21-26-9-7-19-42-26)20-31(39)37-29-18-17-25-8-3-6-12-30(25)38(33(29)41)22-23-13-15-24(16-14-23)27-10-4-5-11-28(27)32(35)40/h3-16,19,29,36H,17-18,20-22H2,1-2H3,(H2,35,40)(H,37,39). The number of hydrogen-bond acceptors (Lipinski definition) is 5. The second-order valence-electron chi connectivity index (χ2n) is 11.3. The summed E-state index contributed by atoms with van der Waals surface area (Å²) >= 11 is 0. The molecule has 4 aromatic rings. The topological polar surface area (TPSA) is 118 Å². The number of hydrogen-bond donors (Lipinski definition) is 3. The zero-order valence-corrected chi connectivity index (χ0v) is 23.9. The molecule has 1 aromatic heterocycles. The van der Waals surface area contributed by atoms with Gasteiger partial charge in [0.2, 0.25) is 17.7 Å². The van der Waals surface area contributed by atoms with Crippen molar-refractivity contribution in [2.24, 2.45) is 5.73 Å². The third kappa shape index (κ3) is 6.78. The molecule has 8 nitrogen and oxygen atoms in total. The van der Waals surface area contributed by atoms with Crippen LogP contribution in [-0.2, 0) is 29.1 Å². The molecule has 0 aliphatic carbocycles. The summed E-state index contributed by atoms with van der Waals surface area (Å²) in [6.07, 6.45) is 3.02. The van der Waals surface area contributed by atoms with Crippen LogP contribution in [0, 0.1) is 0 Å². The van der Waals surface area contributed by atoms with E-state index in [0.717, 1.165) is 33.7 Å². The first-order valence-electron chi connectivity index (χ1n) is 14.1. The highest BCUT2D eigenvalue weighted by atomic mass is 16.3. The van der Waals surface area contributed by atoms with Gasteiger partial charge in [-0.2, -0.15) is 0 Å². The van der Waals surface area contributed by atoms with Gasteiger partial charge in [0.25, 0.3) is 0 Å². The van der Waals surface area contributed by atoms with Gasteiger partial charge in [0.15, 0.2) is 0 Å². The zero-order chi connectivity index (χ0) is 29.7. The van der Waals surface area contributed by atoms with Crippen molar-refractivity contribution in [3.05, 3.63) is 114 Å². The van der Waals surface area contributed by atoms with Gasteiger partial charge in [-0.05, 0) is 73.2 Å². The van der Waals surface area contributed by atoms with E-state index < -0.39 is 17.5 Å². The Balaban J connectivity index is 1.31. The fourth-order valence-corrected chi connectivity index (χ4v) is 5.38. The van der Waals surface area contributed by atoms with Crippen LogP contribution in [0.4, 0.5) is 5.69 Å². The van der Waals surface area contributed by atoms with Crippen molar-refractivity contribution in [2.45, 2.75) is 57.8 Å². The average Bonchev–Trinajstić information content (AvgIpc) is 3.47. The summed E-state index contributed by atoms with van der Waals surface area (Å²) in [6, 6.07) is 26.0. The summed E-state index contributed by atoms with van der Waals surface area (Å²) in [5.41, 5.74) is 10.0. The molecule has 2 heterocycles. The molecule has 1 atom stereocenters. The van der Waals surface area contributed by atoms with Crippen molar-refractivity contribution in [1.82, 2.24) is 10.6 Å². The fourth-order valence-electron chi connectivity index (χ4n) is 5.38. The highest BCUT2D eigenvalue weighted by Gasteiger charge is 2.32. The first-order valence-corrected chi connectivity index (χ1v) is 14.1. The number of primary amides is 1. The molecule has 4 N–H and O–H groups in total. The summed E-state index contributed by atoms with van der Waals surface area (Å²) in [6.45, 7) is 4.76. The molecular formula is C34H36N4O4. The minimum atomic E-state index is -0.646. The average molecular weight is 565 g/mol. The normalized spacial score (nSPS) is 15.1. The summed E-state index contributed by atoms with van der Waals surface area (Å²) in [5.74, 6) is -0.0151. The van der Waals surface area contributed by atoms with Crippen molar-refractivity contribution < 1.29 is 18.8 Å². The summed E-state index contributed by atoms with van der Waals surface area (Å²) in [5, 5.41) is 6.38. The smallest absolute Gasteiger partial charge is 0.249 e. The Hall–Kier alpha value is -4.69. The largest absolute Gasteiger partial charge is 0.468 e. The number of nitrogens with zero attached hydrogens (tertiary/aromatic N) is 1. The molecular weight excluding hydrogens is 528 g/mol. The number of benzene rings is 3. The monoisotopic (exact) mass is 564 g/mol. The predicted molar refractivity (Wildman–Crippen MR) is 163 cm³/mol. The van der Waals surface area contributed by atoms with Crippen LogP contribution in [0.25, 0.3) is 11.1 Å². The number of furan rings is 1. The Morgan fingerprint density at radius 2 is 1.71 bits per heavy atom. The molecule has 5 rings (SSSR count). The lowest BCUT2D eigenvalue weighted by molar-refractivity contribution is -0.128. The molecule has 1 aliphatic rings. The maximum atomic E-state index is 13.9. The van der Waals surface area contributed by atoms with Crippen LogP contribution in [0.5, 0.6) is 0 Å². The van der Waals surface area contributed by atoms with Crippen LogP contribution in [-0.4, -0.2) is 29.3 Å². The van der Waals surface area contributed by atoms with Gasteiger partial charge in [-0.25, -0.2) is 0 Å². The maximum absolute atomic E-state index is 13.9. The number of carbonyl (C=O) groups is 3. The van der Waals surface area contributed by atoms with Crippen LogP contribution in [0.1, 0.15) is 53.9 Å².